The van der Waals surface area contributed by atoms with E-state index in [1.54, 1.807) is 0 Å². The fourth-order valence-electron chi connectivity index (χ4n) is 4.91. The summed E-state index contributed by atoms with van der Waals surface area (Å²) in [5, 5.41) is 0. The minimum Gasteiger partial charge on any atom is -0.459 e. The van der Waals surface area contributed by atoms with Crippen LogP contribution in [0.5, 0.6) is 0 Å². The molecule has 3 nitrogen and oxygen atoms in total. The second-order valence-corrected chi connectivity index (χ2v) is 7.63. The maximum Gasteiger partial charge on any atom is 0.312 e. The van der Waals surface area contributed by atoms with E-state index in [1.807, 2.05) is 0 Å². The van der Waals surface area contributed by atoms with E-state index in [9.17, 15) is 4.79 Å². The van der Waals surface area contributed by atoms with E-state index in [0.29, 0.717) is 6.61 Å². The molecule has 0 radical (unpaired) electrons. The number of quaternary nitrogens is 1. The Morgan fingerprint density at radius 3 is 2.42 bits per heavy atom. The Balaban J connectivity index is 1.66. The second-order valence-electron chi connectivity index (χ2n) is 7.63. The standard InChI is InChI=1S/C16H27NO2/c1-17(2)5-6-19-15(18)16-4-3-12-7-13(10-16)9-14(8-12)11-16/h12-14H,3-11H2,1-2H3/p+1. The molecule has 4 fully saturated rings. The summed E-state index contributed by atoms with van der Waals surface area (Å²) in [5.41, 5.74) is -0.0967. The highest BCUT2D eigenvalue weighted by molar-refractivity contribution is 5.77. The summed E-state index contributed by atoms with van der Waals surface area (Å²) in [5.74, 6) is 2.66. The predicted molar refractivity (Wildman–Crippen MR) is 73.9 cm³/mol. The molecule has 3 heteroatoms. The molecule has 0 aromatic heterocycles. The van der Waals surface area contributed by atoms with Crippen LogP contribution in [0.15, 0.2) is 0 Å². The molecule has 19 heavy (non-hydrogen) atoms. The first kappa shape index (κ1) is 13.4. The molecule has 0 saturated heterocycles. The van der Waals surface area contributed by atoms with Gasteiger partial charge < -0.3 is 9.64 Å². The average Bonchev–Trinajstić information content (AvgIpc) is 2.54. The summed E-state index contributed by atoms with van der Waals surface area (Å²) in [7, 11) is 4.20. The molecular weight excluding hydrogens is 238 g/mol. The quantitative estimate of drug-likeness (QED) is 0.777. The van der Waals surface area contributed by atoms with Crippen LogP contribution in [0, 0.1) is 23.2 Å². The molecule has 0 aromatic carbocycles. The van der Waals surface area contributed by atoms with Gasteiger partial charge in [0.1, 0.15) is 13.2 Å². The smallest absolute Gasteiger partial charge is 0.312 e. The van der Waals surface area contributed by atoms with E-state index >= 15 is 0 Å². The monoisotopic (exact) mass is 266 g/mol. The van der Waals surface area contributed by atoms with Crippen LogP contribution in [-0.4, -0.2) is 33.2 Å². The lowest BCUT2D eigenvalue weighted by Gasteiger charge is -2.43. The molecule has 4 rings (SSSR count). The minimum absolute atomic E-state index is 0.0967. The van der Waals surface area contributed by atoms with Crippen LogP contribution < -0.4 is 4.90 Å². The van der Waals surface area contributed by atoms with Crippen LogP contribution in [0.2, 0.25) is 0 Å². The Morgan fingerprint density at radius 1 is 1.16 bits per heavy atom. The molecule has 0 aromatic rings. The molecule has 4 saturated carbocycles. The Hall–Kier alpha value is -0.570. The topological polar surface area (TPSA) is 30.7 Å². The van der Waals surface area contributed by atoms with Crippen molar-refractivity contribution in [1.82, 2.24) is 0 Å². The lowest BCUT2D eigenvalue weighted by atomic mass is 9.61. The number of nitrogens with one attached hydrogen (secondary N) is 1. The molecule has 0 spiro atoms. The normalized spacial score (nSPS) is 40.5. The first-order valence-corrected chi connectivity index (χ1v) is 8.04. The van der Waals surface area contributed by atoms with Gasteiger partial charge in [0.15, 0.2) is 0 Å². The van der Waals surface area contributed by atoms with Gasteiger partial charge in [-0.15, -0.1) is 0 Å². The van der Waals surface area contributed by atoms with E-state index in [1.165, 1.54) is 30.6 Å². The first-order chi connectivity index (χ1) is 9.07. The molecular formula is C16H28NO2+. The van der Waals surface area contributed by atoms with Gasteiger partial charge in [0.05, 0.1) is 19.5 Å². The van der Waals surface area contributed by atoms with Gasteiger partial charge in [-0.3, -0.25) is 4.79 Å². The summed E-state index contributed by atoms with van der Waals surface area (Å²) >= 11 is 0. The Morgan fingerprint density at radius 2 is 1.79 bits per heavy atom. The lowest BCUT2D eigenvalue weighted by Crippen LogP contribution is -3.06. The summed E-state index contributed by atoms with van der Waals surface area (Å²) < 4.78 is 5.63. The van der Waals surface area contributed by atoms with Crippen LogP contribution in [0.4, 0.5) is 0 Å². The third kappa shape index (κ3) is 2.67. The van der Waals surface area contributed by atoms with Crippen molar-refractivity contribution in [3.8, 4) is 0 Å². The zero-order chi connectivity index (χ0) is 13.5. The highest BCUT2D eigenvalue weighted by atomic mass is 16.5. The van der Waals surface area contributed by atoms with E-state index in [2.05, 4.69) is 14.1 Å². The van der Waals surface area contributed by atoms with Crippen LogP contribution in [-0.2, 0) is 9.53 Å². The van der Waals surface area contributed by atoms with Crippen LogP contribution >= 0.6 is 0 Å². The van der Waals surface area contributed by atoms with E-state index in [-0.39, 0.29) is 11.4 Å². The Bertz CT molecular complexity index is 339. The van der Waals surface area contributed by atoms with Crippen molar-refractivity contribution in [2.24, 2.45) is 23.2 Å². The van der Waals surface area contributed by atoms with Crippen molar-refractivity contribution in [3.05, 3.63) is 0 Å². The number of likely N-dealkylation sites (N-methyl/N-ethyl adjacent to an activating group) is 1. The van der Waals surface area contributed by atoms with Gasteiger partial charge >= 0.3 is 5.97 Å². The molecule has 0 aliphatic heterocycles. The molecule has 4 aliphatic rings. The summed E-state index contributed by atoms with van der Waals surface area (Å²) in [6.45, 7) is 1.50. The summed E-state index contributed by atoms with van der Waals surface area (Å²) in [6, 6.07) is 0. The van der Waals surface area contributed by atoms with E-state index < -0.39 is 0 Å². The zero-order valence-electron chi connectivity index (χ0n) is 12.4. The fraction of sp³-hybridized carbons (Fsp3) is 0.938. The number of hydrogen-bond donors (Lipinski definition) is 1. The van der Waals surface area contributed by atoms with Crippen molar-refractivity contribution >= 4 is 5.97 Å². The highest BCUT2D eigenvalue weighted by Crippen LogP contribution is 2.57. The number of esters is 1. The van der Waals surface area contributed by atoms with Gasteiger partial charge in [-0.05, 0) is 62.7 Å². The number of hydrogen-bond acceptors (Lipinski definition) is 2. The van der Waals surface area contributed by atoms with E-state index in [4.69, 9.17) is 4.74 Å². The molecule has 0 heterocycles. The SMILES string of the molecule is C[NH+](C)CCOC(=O)C12CCC3CC(CC(C3)C1)C2. The van der Waals surface area contributed by atoms with Crippen LogP contribution in [0.3, 0.4) is 0 Å². The number of carbonyl (C=O) groups excluding carboxylic acids is 1. The van der Waals surface area contributed by atoms with Crippen molar-refractivity contribution < 1.29 is 14.4 Å². The molecule has 2 unspecified atom stereocenters. The van der Waals surface area contributed by atoms with Gasteiger partial charge in [-0.1, -0.05) is 0 Å². The molecule has 2 atom stereocenters. The number of ether oxygens (including phenoxy) is 1. The van der Waals surface area contributed by atoms with Gasteiger partial charge in [0.2, 0.25) is 0 Å². The van der Waals surface area contributed by atoms with E-state index in [0.717, 1.165) is 43.6 Å². The maximum atomic E-state index is 12.6. The van der Waals surface area contributed by atoms with Gasteiger partial charge in [-0.25, -0.2) is 0 Å². The third-order valence-corrected chi connectivity index (χ3v) is 5.66. The number of rotatable bonds is 4. The number of fused-ring (bicyclic) bond motifs is 1. The minimum atomic E-state index is -0.0967. The Kier molecular flexibility index (Phi) is 3.59. The molecule has 4 bridgehead atoms. The summed E-state index contributed by atoms with van der Waals surface area (Å²) in [4.78, 5) is 13.9. The van der Waals surface area contributed by atoms with Crippen LogP contribution in [0.1, 0.15) is 44.9 Å². The zero-order valence-corrected chi connectivity index (χ0v) is 12.4. The number of carbonyl (C=O) groups is 1. The largest absolute Gasteiger partial charge is 0.459 e. The maximum absolute atomic E-state index is 12.6. The van der Waals surface area contributed by atoms with Gasteiger partial charge in [0, 0.05) is 0 Å². The lowest BCUT2D eigenvalue weighted by molar-refractivity contribution is -0.858. The van der Waals surface area contributed by atoms with Gasteiger partial charge in [0.25, 0.3) is 0 Å². The van der Waals surface area contributed by atoms with Gasteiger partial charge in [-0.2, -0.15) is 0 Å². The fourth-order valence-corrected chi connectivity index (χ4v) is 4.91. The summed E-state index contributed by atoms with van der Waals surface area (Å²) in [6.07, 6.45) is 8.74. The predicted octanol–water partition coefficient (Wildman–Crippen LogP) is 1.28. The highest BCUT2D eigenvalue weighted by Gasteiger charge is 2.52. The van der Waals surface area contributed by atoms with Crippen molar-refractivity contribution in [2.45, 2.75) is 44.9 Å². The second kappa shape index (κ2) is 5.08. The molecule has 4 aliphatic carbocycles. The van der Waals surface area contributed by atoms with Crippen molar-refractivity contribution in [3.63, 3.8) is 0 Å². The first-order valence-electron chi connectivity index (χ1n) is 8.04. The average molecular weight is 266 g/mol. The third-order valence-electron chi connectivity index (χ3n) is 5.66. The molecule has 108 valence electrons. The van der Waals surface area contributed by atoms with Crippen molar-refractivity contribution in [1.29, 1.82) is 0 Å². The van der Waals surface area contributed by atoms with Crippen LogP contribution in [0.25, 0.3) is 0 Å². The molecule has 0 amide bonds. The molecule has 1 N–H and O–H groups in total. The van der Waals surface area contributed by atoms with Crippen molar-refractivity contribution in [2.75, 3.05) is 27.2 Å². The Labute approximate surface area is 116 Å².